The van der Waals surface area contributed by atoms with Crippen LogP contribution < -0.4 is 5.32 Å². The third-order valence-electron chi connectivity index (χ3n) is 6.06. The molecule has 0 spiro atoms. The third-order valence-corrected chi connectivity index (χ3v) is 7.05. The molecule has 0 aromatic heterocycles. The van der Waals surface area contributed by atoms with Crippen molar-refractivity contribution in [3.05, 3.63) is 70.8 Å². The van der Waals surface area contributed by atoms with Crippen LogP contribution in [0.15, 0.2) is 48.5 Å². The van der Waals surface area contributed by atoms with Crippen LogP contribution in [-0.4, -0.2) is 34.6 Å². The summed E-state index contributed by atoms with van der Waals surface area (Å²) in [6.07, 6.45) is 5.03. The van der Waals surface area contributed by atoms with E-state index in [1.807, 2.05) is 37.3 Å². The first-order valence-electron chi connectivity index (χ1n) is 11.7. The lowest BCUT2D eigenvalue weighted by Crippen LogP contribution is -2.51. The van der Waals surface area contributed by atoms with Gasteiger partial charge in [-0.1, -0.05) is 79.4 Å². The SMILES string of the molecule is CC[C@@H](C(=O)NC1CCCC1)N(Cc1ccccc1)C(=O)CSCc1cc(C)cc(C)c1. The molecular weight excluding hydrogens is 416 g/mol. The molecule has 5 heteroatoms. The number of hydrogen-bond donors (Lipinski definition) is 1. The molecule has 3 rings (SSSR count). The molecule has 0 radical (unpaired) electrons. The summed E-state index contributed by atoms with van der Waals surface area (Å²) in [6.45, 7) is 6.65. The van der Waals surface area contributed by atoms with Gasteiger partial charge in [0.2, 0.25) is 11.8 Å². The van der Waals surface area contributed by atoms with E-state index in [4.69, 9.17) is 0 Å². The van der Waals surface area contributed by atoms with Gasteiger partial charge < -0.3 is 10.2 Å². The fraction of sp³-hybridized carbons (Fsp3) is 0.481. The van der Waals surface area contributed by atoms with Crippen molar-refractivity contribution in [2.45, 2.75) is 77.3 Å². The van der Waals surface area contributed by atoms with Gasteiger partial charge in [0, 0.05) is 18.3 Å². The Labute approximate surface area is 197 Å². The first-order valence-corrected chi connectivity index (χ1v) is 12.9. The van der Waals surface area contributed by atoms with Crippen molar-refractivity contribution in [1.82, 2.24) is 10.2 Å². The highest BCUT2D eigenvalue weighted by Gasteiger charge is 2.30. The van der Waals surface area contributed by atoms with Gasteiger partial charge in [-0.15, -0.1) is 11.8 Å². The van der Waals surface area contributed by atoms with Crippen molar-refractivity contribution in [1.29, 1.82) is 0 Å². The maximum Gasteiger partial charge on any atom is 0.243 e. The normalized spacial score (nSPS) is 14.8. The van der Waals surface area contributed by atoms with Crippen LogP contribution >= 0.6 is 11.8 Å². The highest BCUT2D eigenvalue weighted by atomic mass is 32.2. The van der Waals surface area contributed by atoms with Crippen molar-refractivity contribution in [3.63, 3.8) is 0 Å². The second-order valence-corrected chi connectivity index (χ2v) is 9.90. The molecule has 1 N–H and O–H groups in total. The molecule has 32 heavy (non-hydrogen) atoms. The summed E-state index contributed by atoms with van der Waals surface area (Å²) in [6, 6.07) is 16.3. The Morgan fingerprint density at radius 2 is 1.69 bits per heavy atom. The van der Waals surface area contributed by atoms with Crippen LogP contribution in [0.2, 0.25) is 0 Å². The Bertz CT molecular complexity index is 874. The monoisotopic (exact) mass is 452 g/mol. The molecule has 2 aromatic carbocycles. The minimum Gasteiger partial charge on any atom is -0.352 e. The van der Waals surface area contributed by atoms with Gasteiger partial charge in [0.15, 0.2) is 0 Å². The number of rotatable bonds is 10. The summed E-state index contributed by atoms with van der Waals surface area (Å²) in [5.41, 5.74) is 4.77. The second-order valence-electron chi connectivity index (χ2n) is 8.91. The lowest BCUT2D eigenvalue weighted by atomic mass is 10.1. The van der Waals surface area contributed by atoms with E-state index in [9.17, 15) is 9.59 Å². The van der Waals surface area contributed by atoms with Crippen LogP contribution in [0, 0.1) is 13.8 Å². The highest BCUT2D eigenvalue weighted by Crippen LogP contribution is 2.21. The molecular formula is C27H36N2O2S. The number of carbonyl (C=O) groups excluding carboxylic acids is 2. The summed E-state index contributed by atoms with van der Waals surface area (Å²) in [5, 5.41) is 3.21. The van der Waals surface area contributed by atoms with E-state index in [1.54, 1.807) is 16.7 Å². The Morgan fingerprint density at radius 1 is 1.03 bits per heavy atom. The molecule has 0 unspecified atom stereocenters. The zero-order chi connectivity index (χ0) is 22.9. The van der Waals surface area contributed by atoms with E-state index in [2.05, 4.69) is 37.4 Å². The molecule has 1 aliphatic rings. The fourth-order valence-electron chi connectivity index (χ4n) is 4.56. The third kappa shape index (κ3) is 7.13. The van der Waals surface area contributed by atoms with Crippen molar-refractivity contribution >= 4 is 23.6 Å². The van der Waals surface area contributed by atoms with Gasteiger partial charge in [0.25, 0.3) is 0 Å². The number of nitrogens with zero attached hydrogens (tertiary/aromatic N) is 1. The summed E-state index contributed by atoms with van der Waals surface area (Å²) in [7, 11) is 0. The van der Waals surface area contributed by atoms with E-state index in [-0.39, 0.29) is 17.9 Å². The molecule has 172 valence electrons. The standard InChI is InChI=1S/C27H36N2O2S/c1-4-25(27(31)28-24-12-8-9-13-24)29(17-22-10-6-5-7-11-22)26(30)19-32-18-23-15-20(2)14-21(3)16-23/h5-7,10-11,14-16,24-25H,4,8-9,12-13,17-19H2,1-3H3,(H,28,31)/t25-/m0/s1. The van der Waals surface area contributed by atoms with Crippen molar-refractivity contribution in [3.8, 4) is 0 Å². The number of nitrogens with one attached hydrogen (secondary N) is 1. The maximum absolute atomic E-state index is 13.3. The van der Waals surface area contributed by atoms with Crippen LogP contribution in [0.1, 0.15) is 61.3 Å². The molecule has 2 aromatic rings. The van der Waals surface area contributed by atoms with Gasteiger partial charge >= 0.3 is 0 Å². The van der Waals surface area contributed by atoms with Gasteiger partial charge in [0.1, 0.15) is 6.04 Å². The highest BCUT2D eigenvalue weighted by molar-refractivity contribution is 7.99. The van der Waals surface area contributed by atoms with Crippen molar-refractivity contribution < 1.29 is 9.59 Å². The first kappa shape index (κ1) is 24.4. The van der Waals surface area contributed by atoms with Gasteiger partial charge in [0.05, 0.1) is 5.75 Å². The Kier molecular flexibility index (Phi) is 9.22. The summed E-state index contributed by atoms with van der Waals surface area (Å²) < 4.78 is 0. The smallest absolute Gasteiger partial charge is 0.243 e. The zero-order valence-corrected chi connectivity index (χ0v) is 20.4. The lowest BCUT2D eigenvalue weighted by molar-refractivity contribution is -0.139. The van der Waals surface area contributed by atoms with Crippen molar-refractivity contribution in [2.75, 3.05) is 5.75 Å². The van der Waals surface area contributed by atoms with Gasteiger partial charge in [-0.3, -0.25) is 9.59 Å². The Balaban J connectivity index is 1.68. The molecule has 1 atom stereocenters. The van der Waals surface area contributed by atoms with E-state index in [1.165, 1.54) is 29.5 Å². The lowest BCUT2D eigenvalue weighted by Gasteiger charge is -2.31. The molecule has 1 fully saturated rings. The average Bonchev–Trinajstić information content (AvgIpc) is 3.26. The maximum atomic E-state index is 13.3. The predicted molar refractivity (Wildman–Crippen MR) is 134 cm³/mol. The van der Waals surface area contributed by atoms with E-state index in [0.29, 0.717) is 18.7 Å². The molecule has 0 bridgehead atoms. The number of amides is 2. The van der Waals surface area contributed by atoms with Crippen LogP contribution in [0.25, 0.3) is 0 Å². The van der Waals surface area contributed by atoms with Gasteiger partial charge in [-0.2, -0.15) is 0 Å². The van der Waals surface area contributed by atoms with Crippen LogP contribution in [0.4, 0.5) is 0 Å². The number of thioether (sulfide) groups is 1. The summed E-state index contributed by atoms with van der Waals surface area (Å²) >= 11 is 1.62. The number of benzene rings is 2. The van der Waals surface area contributed by atoms with Gasteiger partial charge in [-0.05, 0) is 44.2 Å². The first-order chi connectivity index (χ1) is 15.5. The minimum absolute atomic E-state index is 0.0111. The fourth-order valence-corrected chi connectivity index (χ4v) is 5.40. The van der Waals surface area contributed by atoms with E-state index >= 15 is 0 Å². The molecule has 4 nitrogen and oxygen atoms in total. The topological polar surface area (TPSA) is 49.4 Å². The molecule has 0 aliphatic heterocycles. The van der Waals surface area contributed by atoms with E-state index < -0.39 is 6.04 Å². The molecule has 0 saturated heterocycles. The minimum atomic E-state index is -0.440. The predicted octanol–water partition coefficient (Wildman–Crippen LogP) is 5.40. The number of aryl methyl sites for hydroxylation is 2. The Morgan fingerprint density at radius 3 is 2.31 bits per heavy atom. The second kappa shape index (κ2) is 12.1. The molecule has 2 amide bonds. The zero-order valence-electron chi connectivity index (χ0n) is 19.6. The average molecular weight is 453 g/mol. The molecule has 0 heterocycles. The van der Waals surface area contributed by atoms with Crippen LogP contribution in [-0.2, 0) is 21.9 Å². The Hall–Kier alpha value is -2.27. The number of hydrogen-bond acceptors (Lipinski definition) is 3. The van der Waals surface area contributed by atoms with Crippen LogP contribution in [0.5, 0.6) is 0 Å². The van der Waals surface area contributed by atoms with E-state index in [0.717, 1.165) is 24.2 Å². The van der Waals surface area contributed by atoms with Gasteiger partial charge in [-0.25, -0.2) is 0 Å². The molecule has 1 saturated carbocycles. The van der Waals surface area contributed by atoms with Crippen molar-refractivity contribution in [2.24, 2.45) is 0 Å². The molecule has 1 aliphatic carbocycles. The van der Waals surface area contributed by atoms with Crippen LogP contribution in [0.3, 0.4) is 0 Å². The number of carbonyl (C=O) groups is 2. The quantitative estimate of drug-likeness (QED) is 0.525. The summed E-state index contributed by atoms with van der Waals surface area (Å²) in [4.78, 5) is 28.2. The summed E-state index contributed by atoms with van der Waals surface area (Å²) in [5.74, 6) is 1.17. The largest absolute Gasteiger partial charge is 0.352 e.